The predicted octanol–water partition coefficient (Wildman–Crippen LogP) is 0.573. The Labute approximate surface area is 71.8 Å². The highest BCUT2D eigenvalue weighted by molar-refractivity contribution is 5.19. The molecule has 1 atom stereocenters. The topological polar surface area (TPSA) is 64.9 Å². The van der Waals surface area contributed by atoms with Gasteiger partial charge in [-0.2, -0.15) is 0 Å². The van der Waals surface area contributed by atoms with Crippen molar-refractivity contribution < 1.29 is 0 Å². The molecule has 64 valence electrons. The van der Waals surface area contributed by atoms with Crippen LogP contribution in [0.25, 0.3) is 0 Å². The summed E-state index contributed by atoms with van der Waals surface area (Å²) in [6, 6.07) is 5.65. The molecule has 0 bridgehead atoms. The van der Waals surface area contributed by atoms with E-state index in [2.05, 4.69) is 4.98 Å². The Bertz CT molecular complexity index is 266. The van der Waals surface area contributed by atoms with E-state index >= 15 is 0 Å². The predicted molar refractivity (Wildman–Crippen MR) is 47.3 cm³/mol. The average Bonchev–Trinajstić information content (AvgIpc) is 2.85. The van der Waals surface area contributed by atoms with E-state index in [0.717, 1.165) is 18.5 Å². The van der Waals surface area contributed by atoms with Gasteiger partial charge >= 0.3 is 0 Å². The number of pyridine rings is 1. The first-order chi connectivity index (χ1) is 5.72. The maximum absolute atomic E-state index is 5.96. The van der Waals surface area contributed by atoms with Crippen LogP contribution in [-0.4, -0.2) is 10.5 Å². The SMILES string of the molecule is NC(c1ccccn1)C1(N)CC1. The maximum Gasteiger partial charge on any atom is 0.0652 e. The van der Waals surface area contributed by atoms with Crippen LogP contribution >= 0.6 is 0 Å². The fourth-order valence-electron chi connectivity index (χ4n) is 1.31. The van der Waals surface area contributed by atoms with Crippen molar-refractivity contribution in [2.45, 2.75) is 24.4 Å². The van der Waals surface area contributed by atoms with Crippen LogP contribution in [0.1, 0.15) is 24.6 Å². The summed E-state index contributed by atoms with van der Waals surface area (Å²) in [5.41, 5.74) is 12.6. The summed E-state index contributed by atoms with van der Waals surface area (Å²) < 4.78 is 0. The third kappa shape index (κ3) is 1.21. The number of aromatic nitrogens is 1. The lowest BCUT2D eigenvalue weighted by Gasteiger charge is -2.17. The Morgan fingerprint density at radius 3 is 2.67 bits per heavy atom. The molecule has 0 amide bonds. The number of nitrogens with zero attached hydrogens (tertiary/aromatic N) is 1. The lowest BCUT2D eigenvalue weighted by molar-refractivity contribution is 0.524. The zero-order chi connectivity index (χ0) is 8.60. The Hall–Kier alpha value is -0.930. The van der Waals surface area contributed by atoms with E-state index in [0.29, 0.717) is 0 Å². The maximum atomic E-state index is 5.96. The summed E-state index contributed by atoms with van der Waals surface area (Å²) in [5.74, 6) is 0. The Morgan fingerprint density at radius 2 is 2.17 bits per heavy atom. The molecule has 1 saturated carbocycles. The molecule has 1 aromatic heterocycles. The molecule has 1 fully saturated rings. The minimum Gasteiger partial charge on any atom is -0.323 e. The van der Waals surface area contributed by atoms with Gasteiger partial charge in [-0.3, -0.25) is 4.98 Å². The molecule has 4 N–H and O–H groups in total. The van der Waals surface area contributed by atoms with Crippen LogP contribution in [0.5, 0.6) is 0 Å². The molecule has 1 aliphatic carbocycles. The number of hydrogen-bond acceptors (Lipinski definition) is 3. The van der Waals surface area contributed by atoms with Crippen LogP contribution in [0.2, 0.25) is 0 Å². The van der Waals surface area contributed by atoms with Crippen LogP contribution in [-0.2, 0) is 0 Å². The summed E-state index contributed by atoms with van der Waals surface area (Å²) in [7, 11) is 0. The highest BCUT2D eigenvalue weighted by Crippen LogP contribution is 2.41. The summed E-state index contributed by atoms with van der Waals surface area (Å²) in [6.07, 6.45) is 3.79. The van der Waals surface area contributed by atoms with Crippen molar-refractivity contribution in [2.24, 2.45) is 11.5 Å². The number of nitrogens with two attached hydrogens (primary N) is 2. The van der Waals surface area contributed by atoms with Crippen LogP contribution in [0, 0.1) is 0 Å². The van der Waals surface area contributed by atoms with Gasteiger partial charge < -0.3 is 11.5 Å². The normalized spacial score (nSPS) is 21.8. The van der Waals surface area contributed by atoms with Crippen molar-refractivity contribution in [1.82, 2.24) is 4.98 Å². The molecule has 0 aromatic carbocycles. The van der Waals surface area contributed by atoms with Crippen molar-refractivity contribution in [3.8, 4) is 0 Å². The van der Waals surface area contributed by atoms with Gasteiger partial charge in [0.15, 0.2) is 0 Å². The van der Waals surface area contributed by atoms with E-state index < -0.39 is 0 Å². The van der Waals surface area contributed by atoms with E-state index in [1.165, 1.54) is 0 Å². The standard InChI is InChI=1S/C9H13N3/c10-8(9(11)4-5-9)7-3-1-2-6-12-7/h1-3,6,8H,4-5,10-11H2. The van der Waals surface area contributed by atoms with Crippen molar-refractivity contribution in [1.29, 1.82) is 0 Å². The molecule has 0 radical (unpaired) electrons. The molecule has 0 aliphatic heterocycles. The summed E-state index contributed by atoms with van der Waals surface area (Å²) in [6.45, 7) is 0. The van der Waals surface area contributed by atoms with Crippen LogP contribution in [0.15, 0.2) is 24.4 Å². The van der Waals surface area contributed by atoms with Crippen molar-refractivity contribution >= 4 is 0 Å². The lowest BCUT2D eigenvalue weighted by atomic mass is 10.0. The lowest BCUT2D eigenvalue weighted by Crippen LogP contribution is -2.36. The highest BCUT2D eigenvalue weighted by atomic mass is 14.9. The highest BCUT2D eigenvalue weighted by Gasteiger charge is 2.45. The van der Waals surface area contributed by atoms with Crippen molar-refractivity contribution in [3.05, 3.63) is 30.1 Å². The van der Waals surface area contributed by atoms with Gasteiger partial charge in [-0.05, 0) is 25.0 Å². The second-order valence-electron chi connectivity index (χ2n) is 3.47. The van der Waals surface area contributed by atoms with Gasteiger partial charge in [0.25, 0.3) is 0 Å². The molecule has 1 aliphatic rings. The second kappa shape index (κ2) is 2.54. The summed E-state index contributed by atoms with van der Waals surface area (Å²) in [4.78, 5) is 4.18. The molecular formula is C9H13N3. The molecule has 1 aromatic rings. The molecule has 0 saturated heterocycles. The smallest absolute Gasteiger partial charge is 0.0652 e. The fourth-order valence-corrected chi connectivity index (χ4v) is 1.31. The van der Waals surface area contributed by atoms with E-state index in [9.17, 15) is 0 Å². The van der Waals surface area contributed by atoms with E-state index in [-0.39, 0.29) is 11.6 Å². The molecule has 0 spiro atoms. The zero-order valence-electron chi connectivity index (χ0n) is 6.90. The Morgan fingerprint density at radius 1 is 1.42 bits per heavy atom. The molecule has 3 nitrogen and oxygen atoms in total. The molecule has 1 unspecified atom stereocenters. The van der Waals surface area contributed by atoms with Gasteiger partial charge in [-0.25, -0.2) is 0 Å². The van der Waals surface area contributed by atoms with Gasteiger partial charge in [0.05, 0.1) is 11.7 Å². The largest absolute Gasteiger partial charge is 0.323 e. The van der Waals surface area contributed by atoms with Gasteiger partial charge in [0, 0.05) is 11.7 Å². The molecule has 12 heavy (non-hydrogen) atoms. The zero-order valence-corrected chi connectivity index (χ0v) is 6.90. The Balaban J connectivity index is 2.20. The van der Waals surface area contributed by atoms with Crippen molar-refractivity contribution in [2.75, 3.05) is 0 Å². The van der Waals surface area contributed by atoms with E-state index in [1.807, 2.05) is 18.2 Å². The van der Waals surface area contributed by atoms with E-state index in [1.54, 1.807) is 6.20 Å². The van der Waals surface area contributed by atoms with Gasteiger partial charge in [-0.15, -0.1) is 0 Å². The molecule has 1 heterocycles. The minimum atomic E-state index is -0.172. The second-order valence-corrected chi connectivity index (χ2v) is 3.47. The average molecular weight is 163 g/mol. The minimum absolute atomic E-state index is 0.0984. The quantitative estimate of drug-likeness (QED) is 0.670. The molecule has 3 heteroatoms. The van der Waals surface area contributed by atoms with Gasteiger partial charge in [0.2, 0.25) is 0 Å². The van der Waals surface area contributed by atoms with E-state index in [4.69, 9.17) is 11.5 Å². The first kappa shape index (κ1) is 7.71. The summed E-state index contributed by atoms with van der Waals surface area (Å²) in [5, 5.41) is 0. The number of hydrogen-bond donors (Lipinski definition) is 2. The van der Waals surface area contributed by atoms with Gasteiger partial charge in [-0.1, -0.05) is 6.07 Å². The van der Waals surface area contributed by atoms with Crippen molar-refractivity contribution in [3.63, 3.8) is 0 Å². The molecule has 2 rings (SSSR count). The fraction of sp³-hybridized carbons (Fsp3) is 0.444. The first-order valence-electron chi connectivity index (χ1n) is 4.18. The number of rotatable bonds is 2. The van der Waals surface area contributed by atoms with Crippen LogP contribution < -0.4 is 11.5 Å². The third-order valence-corrected chi connectivity index (χ3v) is 2.45. The molecular weight excluding hydrogens is 150 g/mol. The first-order valence-corrected chi connectivity index (χ1v) is 4.18. The Kier molecular flexibility index (Phi) is 1.63. The van der Waals surface area contributed by atoms with Crippen LogP contribution in [0.3, 0.4) is 0 Å². The van der Waals surface area contributed by atoms with Gasteiger partial charge in [0.1, 0.15) is 0 Å². The van der Waals surface area contributed by atoms with Crippen LogP contribution in [0.4, 0.5) is 0 Å². The third-order valence-electron chi connectivity index (χ3n) is 2.45. The monoisotopic (exact) mass is 163 g/mol. The summed E-state index contributed by atoms with van der Waals surface area (Å²) >= 11 is 0.